The van der Waals surface area contributed by atoms with Gasteiger partial charge in [0.1, 0.15) is 0 Å². The second-order valence-electron chi connectivity index (χ2n) is 3.31. The van der Waals surface area contributed by atoms with E-state index in [1.807, 2.05) is 13.8 Å². The monoisotopic (exact) mass is 193 g/mol. The third kappa shape index (κ3) is 2.31. The standard InChI is InChI=1S/C11H15NO2/c1-4-14-11(13)9-6-5-7-12-10(9)8(2)3/h5-8H,4H2,1-3H3. The summed E-state index contributed by atoms with van der Waals surface area (Å²) in [7, 11) is 0. The molecule has 0 radical (unpaired) electrons. The lowest BCUT2D eigenvalue weighted by Gasteiger charge is -2.09. The van der Waals surface area contributed by atoms with Crippen molar-refractivity contribution in [3.63, 3.8) is 0 Å². The second-order valence-corrected chi connectivity index (χ2v) is 3.31. The van der Waals surface area contributed by atoms with Gasteiger partial charge in [-0.15, -0.1) is 0 Å². The van der Waals surface area contributed by atoms with Crippen LogP contribution in [0.1, 0.15) is 42.7 Å². The number of pyridine rings is 1. The summed E-state index contributed by atoms with van der Waals surface area (Å²) in [6.45, 7) is 6.20. The Balaban J connectivity index is 3.00. The maximum Gasteiger partial charge on any atom is 0.339 e. The number of hydrogen-bond donors (Lipinski definition) is 0. The van der Waals surface area contributed by atoms with Crippen LogP contribution < -0.4 is 0 Å². The van der Waals surface area contributed by atoms with Gasteiger partial charge in [-0.05, 0) is 25.0 Å². The van der Waals surface area contributed by atoms with Crippen molar-refractivity contribution < 1.29 is 9.53 Å². The minimum atomic E-state index is -0.288. The zero-order valence-electron chi connectivity index (χ0n) is 8.78. The molecule has 0 bridgehead atoms. The van der Waals surface area contributed by atoms with Crippen molar-refractivity contribution in [2.45, 2.75) is 26.7 Å². The van der Waals surface area contributed by atoms with Gasteiger partial charge in [-0.2, -0.15) is 0 Å². The van der Waals surface area contributed by atoms with E-state index in [-0.39, 0.29) is 11.9 Å². The Kier molecular flexibility index (Phi) is 3.63. The fourth-order valence-electron chi connectivity index (χ4n) is 1.26. The van der Waals surface area contributed by atoms with Crippen LogP contribution >= 0.6 is 0 Å². The predicted octanol–water partition coefficient (Wildman–Crippen LogP) is 2.38. The van der Waals surface area contributed by atoms with E-state index in [9.17, 15) is 4.79 Å². The number of nitrogens with zero attached hydrogens (tertiary/aromatic N) is 1. The van der Waals surface area contributed by atoms with Crippen LogP contribution in [0.5, 0.6) is 0 Å². The number of rotatable bonds is 3. The Morgan fingerprint density at radius 1 is 1.57 bits per heavy atom. The van der Waals surface area contributed by atoms with Gasteiger partial charge in [0.25, 0.3) is 0 Å². The lowest BCUT2D eigenvalue weighted by molar-refractivity contribution is 0.0524. The highest BCUT2D eigenvalue weighted by Gasteiger charge is 2.14. The first-order valence-electron chi connectivity index (χ1n) is 4.78. The zero-order chi connectivity index (χ0) is 10.6. The number of carbonyl (C=O) groups is 1. The fourth-order valence-corrected chi connectivity index (χ4v) is 1.26. The van der Waals surface area contributed by atoms with Gasteiger partial charge in [0, 0.05) is 6.20 Å². The van der Waals surface area contributed by atoms with Crippen LogP contribution in [-0.2, 0) is 4.74 Å². The highest BCUT2D eigenvalue weighted by atomic mass is 16.5. The SMILES string of the molecule is CCOC(=O)c1cccnc1C(C)C. The van der Waals surface area contributed by atoms with Crippen molar-refractivity contribution in [3.8, 4) is 0 Å². The Morgan fingerprint density at radius 2 is 2.29 bits per heavy atom. The molecule has 0 saturated carbocycles. The van der Waals surface area contributed by atoms with E-state index >= 15 is 0 Å². The number of hydrogen-bond acceptors (Lipinski definition) is 3. The van der Waals surface area contributed by atoms with Crippen molar-refractivity contribution in [2.24, 2.45) is 0 Å². The van der Waals surface area contributed by atoms with Gasteiger partial charge in [0.2, 0.25) is 0 Å². The van der Waals surface area contributed by atoms with Crippen molar-refractivity contribution in [1.82, 2.24) is 4.98 Å². The zero-order valence-corrected chi connectivity index (χ0v) is 8.78. The Bertz CT molecular complexity index is 321. The Morgan fingerprint density at radius 3 is 2.86 bits per heavy atom. The van der Waals surface area contributed by atoms with Gasteiger partial charge in [0.05, 0.1) is 17.9 Å². The average Bonchev–Trinajstić information content (AvgIpc) is 2.18. The van der Waals surface area contributed by atoms with Crippen LogP contribution in [-0.4, -0.2) is 17.6 Å². The molecule has 0 aliphatic carbocycles. The first kappa shape index (κ1) is 10.7. The summed E-state index contributed by atoms with van der Waals surface area (Å²) in [4.78, 5) is 15.7. The fraction of sp³-hybridized carbons (Fsp3) is 0.455. The van der Waals surface area contributed by atoms with E-state index in [0.29, 0.717) is 12.2 Å². The molecular weight excluding hydrogens is 178 g/mol. The number of carbonyl (C=O) groups excluding carboxylic acids is 1. The molecule has 1 heterocycles. The highest BCUT2D eigenvalue weighted by molar-refractivity contribution is 5.90. The van der Waals surface area contributed by atoms with Crippen molar-refractivity contribution in [1.29, 1.82) is 0 Å². The Labute approximate surface area is 84.1 Å². The van der Waals surface area contributed by atoms with Crippen LogP contribution in [0.2, 0.25) is 0 Å². The van der Waals surface area contributed by atoms with Crippen molar-refractivity contribution in [2.75, 3.05) is 6.61 Å². The predicted molar refractivity (Wildman–Crippen MR) is 54.3 cm³/mol. The molecule has 1 rings (SSSR count). The van der Waals surface area contributed by atoms with E-state index in [1.54, 1.807) is 25.3 Å². The van der Waals surface area contributed by atoms with Gasteiger partial charge in [0.15, 0.2) is 0 Å². The molecule has 0 atom stereocenters. The maximum atomic E-state index is 11.5. The van der Waals surface area contributed by atoms with Gasteiger partial charge in [-0.3, -0.25) is 4.98 Å². The molecule has 0 aliphatic rings. The molecule has 0 N–H and O–H groups in total. The first-order valence-corrected chi connectivity index (χ1v) is 4.78. The van der Waals surface area contributed by atoms with Gasteiger partial charge < -0.3 is 4.74 Å². The molecule has 0 saturated heterocycles. The van der Waals surface area contributed by atoms with E-state index < -0.39 is 0 Å². The summed E-state index contributed by atoms with van der Waals surface area (Å²) in [5, 5.41) is 0. The quantitative estimate of drug-likeness (QED) is 0.692. The highest BCUT2D eigenvalue weighted by Crippen LogP contribution is 2.16. The van der Waals surface area contributed by atoms with E-state index in [2.05, 4.69) is 4.98 Å². The molecule has 1 aromatic heterocycles. The molecule has 0 fully saturated rings. The van der Waals surface area contributed by atoms with Gasteiger partial charge in [-0.25, -0.2) is 4.79 Å². The summed E-state index contributed by atoms with van der Waals surface area (Å²) >= 11 is 0. The minimum Gasteiger partial charge on any atom is -0.462 e. The van der Waals surface area contributed by atoms with Crippen LogP contribution in [0.4, 0.5) is 0 Å². The van der Waals surface area contributed by atoms with Crippen molar-refractivity contribution >= 4 is 5.97 Å². The molecule has 0 aliphatic heterocycles. The lowest BCUT2D eigenvalue weighted by Crippen LogP contribution is -2.10. The molecule has 0 amide bonds. The lowest BCUT2D eigenvalue weighted by atomic mass is 10.0. The normalized spacial score (nSPS) is 10.3. The average molecular weight is 193 g/mol. The number of esters is 1. The van der Waals surface area contributed by atoms with Crippen LogP contribution in [0, 0.1) is 0 Å². The smallest absolute Gasteiger partial charge is 0.339 e. The largest absolute Gasteiger partial charge is 0.462 e. The summed E-state index contributed by atoms with van der Waals surface area (Å²) in [5.74, 6) is -0.0556. The van der Waals surface area contributed by atoms with Crippen molar-refractivity contribution in [3.05, 3.63) is 29.6 Å². The minimum absolute atomic E-state index is 0.232. The molecule has 0 aromatic carbocycles. The third-order valence-corrected chi connectivity index (χ3v) is 1.88. The van der Waals surface area contributed by atoms with Crippen LogP contribution in [0.3, 0.4) is 0 Å². The summed E-state index contributed by atoms with van der Waals surface area (Å²) in [6.07, 6.45) is 1.69. The topological polar surface area (TPSA) is 39.2 Å². The van der Waals surface area contributed by atoms with Gasteiger partial charge >= 0.3 is 5.97 Å². The third-order valence-electron chi connectivity index (χ3n) is 1.88. The molecule has 3 heteroatoms. The van der Waals surface area contributed by atoms with Crippen LogP contribution in [0.25, 0.3) is 0 Å². The molecule has 0 unspecified atom stereocenters. The maximum absolute atomic E-state index is 11.5. The number of aromatic nitrogens is 1. The molecule has 0 spiro atoms. The summed E-state index contributed by atoms with van der Waals surface area (Å²) in [5.41, 5.74) is 1.37. The molecular formula is C11H15NO2. The molecule has 3 nitrogen and oxygen atoms in total. The summed E-state index contributed by atoms with van der Waals surface area (Å²) < 4.78 is 4.94. The first-order chi connectivity index (χ1) is 6.66. The number of ether oxygens (including phenoxy) is 1. The Hall–Kier alpha value is -1.38. The van der Waals surface area contributed by atoms with E-state index in [0.717, 1.165) is 5.69 Å². The second kappa shape index (κ2) is 4.74. The van der Waals surface area contributed by atoms with Gasteiger partial charge in [-0.1, -0.05) is 13.8 Å². The van der Waals surface area contributed by atoms with Crippen LogP contribution in [0.15, 0.2) is 18.3 Å². The molecule has 14 heavy (non-hydrogen) atoms. The van der Waals surface area contributed by atoms with E-state index in [1.165, 1.54) is 0 Å². The molecule has 1 aromatic rings. The molecule has 76 valence electrons. The summed E-state index contributed by atoms with van der Waals surface area (Å²) in [6, 6.07) is 3.50. The van der Waals surface area contributed by atoms with E-state index in [4.69, 9.17) is 4.74 Å².